The van der Waals surface area contributed by atoms with Gasteiger partial charge in [-0.3, -0.25) is 14.5 Å². The van der Waals surface area contributed by atoms with Crippen molar-refractivity contribution in [2.75, 3.05) is 32.7 Å². The summed E-state index contributed by atoms with van der Waals surface area (Å²) in [5.74, 6) is -0.599. The van der Waals surface area contributed by atoms with Crippen molar-refractivity contribution >= 4 is 11.9 Å². The summed E-state index contributed by atoms with van der Waals surface area (Å²) >= 11 is 0. The number of aliphatic carboxylic acids is 1. The first kappa shape index (κ1) is 16.9. The van der Waals surface area contributed by atoms with Gasteiger partial charge in [-0.1, -0.05) is 13.3 Å². The highest BCUT2D eigenvalue weighted by atomic mass is 16.4. The smallest absolute Gasteiger partial charge is 0.317 e. The molecule has 0 aromatic heterocycles. The summed E-state index contributed by atoms with van der Waals surface area (Å²) in [5.41, 5.74) is 5.70. The first-order chi connectivity index (χ1) is 9.40. The maximum Gasteiger partial charge on any atom is 0.317 e. The van der Waals surface area contributed by atoms with E-state index in [0.29, 0.717) is 26.2 Å². The zero-order chi connectivity index (χ0) is 15.1. The Bertz CT molecular complexity index is 326. The van der Waals surface area contributed by atoms with Gasteiger partial charge in [0.2, 0.25) is 5.91 Å². The van der Waals surface area contributed by atoms with Crippen LogP contribution in [-0.2, 0) is 9.59 Å². The summed E-state index contributed by atoms with van der Waals surface area (Å²) in [4.78, 5) is 26.6. The van der Waals surface area contributed by atoms with Gasteiger partial charge in [0, 0.05) is 38.1 Å². The molecule has 20 heavy (non-hydrogen) atoms. The lowest BCUT2D eigenvalue weighted by molar-refractivity contribution is -0.140. The quantitative estimate of drug-likeness (QED) is 0.705. The maximum absolute atomic E-state index is 12.3. The van der Waals surface area contributed by atoms with E-state index in [2.05, 4.69) is 0 Å². The number of carbonyl (C=O) groups is 2. The van der Waals surface area contributed by atoms with Crippen LogP contribution in [0.1, 0.15) is 33.1 Å². The molecular formula is C14H27N3O3. The summed E-state index contributed by atoms with van der Waals surface area (Å²) in [7, 11) is 0. The molecule has 1 aliphatic heterocycles. The van der Waals surface area contributed by atoms with Crippen LogP contribution in [0.25, 0.3) is 0 Å². The standard InChI is InChI=1S/C14H27N3O3/c1-11(4-3-5-12(2)15)14(20)17-8-6-16(7-9-17)10-13(18)19/h11-12H,3-10,15H2,1-2H3,(H,18,19). The fraction of sp³-hybridized carbons (Fsp3) is 0.857. The zero-order valence-corrected chi connectivity index (χ0v) is 12.5. The molecule has 0 saturated carbocycles. The molecule has 0 bridgehead atoms. The van der Waals surface area contributed by atoms with Crippen LogP contribution in [0.4, 0.5) is 0 Å². The SMILES string of the molecule is CC(N)CCCC(C)C(=O)N1CCN(CC(=O)O)CC1. The number of piperazine rings is 1. The summed E-state index contributed by atoms with van der Waals surface area (Å²) in [6, 6.07) is 0.192. The van der Waals surface area contributed by atoms with Gasteiger partial charge in [-0.2, -0.15) is 0 Å². The monoisotopic (exact) mass is 285 g/mol. The van der Waals surface area contributed by atoms with Crippen molar-refractivity contribution in [3.63, 3.8) is 0 Å². The molecule has 2 unspecified atom stereocenters. The van der Waals surface area contributed by atoms with Gasteiger partial charge in [-0.25, -0.2) is 0 Å². The van der Waals surface area contributed by atoms with Crippen molar-refractivity contribution in [1.82, 2.24) is 9.80 Å². The molecule has 1 rings (SSSR count). The molecule has 2 atom stereocenters. The van der Waals surface area contributed by atoms with Crippen LogP contribution >= 0.6 is 0 Å². The van der Waals surface area contributed by atoms with Gasteiger partial charge in [0.05, 0.1) is 6.54 Å². The van der Waals surface area contributed by atoms with Crippen molar-refractivity contribution in [3.8, 4) is 0 Å². The zero-order valence-electron chi connectivity index (χ0n) is 12.5. The summed E-state index contributed by atoms with van der Waals surface area (Å²) < 4.78 is 0. The van der Waals surface area contributed by atoms with Crippen molar-refractivity contribution in [2.24, 2.45) is 11.7 Å². The van der Waals surface area contributed by atoms with E-state index in [-0.39, 0.29) is 24.4 Å². The second kappa shape index (κ2) is 8.21. The third-order valence-corrected chi connectivity index (χ3v) is 3.76. The molecule has 6 nitrogen and oxygen atoms in total. The lowest BCUT2D eigenvalue weighted by Gasteiger charge is -2.35. The summed E-state index contributed by atoms with van der Waals surface area (Å²) in [6.45, 7) is 6.55. The molecule has 3 N–H and O–H groups in total. The number of carboxylic acids is 1. The van der Waals surface area contributed by atoms with Crippen LogP contribution in [0.15, 0.2) is 0 Å². The number of nitrogens with two attached hydrogens (primary N) is 1. The number of hydrogen-bond donors (Lipinski definition) is 2. The molecule has 1 saturated heterocycles. The molecule has 0 spiro atoms. The Morgan fingerprint density at radius 2 is 1.75 bits per heavy atom. The number of rotatable bonds is 7. The Balaban J connectivity index is 2.29. The van der Waals surface area contributed by atoms with Crippen LogP contribution in [0.3, 0.4) is 0 Å². The van der Waals surface area contributed by atoms with E-state index in [4.69, 9.17) is 10.8 Å². The molecule has 116 valence electrons. The fourth-order valence-electron chi connectivity index (χ4n) is 2.50. The van der Waals surface area contributed by atoms with E-state index < -0.39 is 5.97 Å². The number of amides is 1. The molecule has 1 heterocycles. The van der Waals surface area contributed by atoms with Crippen LogP contribution in [0.2, 0.25) is 0 Å². The van der Waals surface area contributed by atoms with Gasteiger partial charge in [0.25, 0.3) is 0 Å². The van der Waals surface area contributed by atoms with E-state index in [1.54, 1.807) is 0 Å². The molecule has 6 heteroatoms. The largest absolute Gasteiger partial charge is 0.480 e. The Morgan fingerprint density at radius 1 is 1.15 bits per heavy atom. The number of hydrogen-bond acceptors (Lipinski definition) is 4. The predicted molar refractivity (Wildman–Crippen MR) is 77.3 cm³/mol. The Morgan fingerprint density at radius 3 is 2.25 bits per heavy atom. The highest BCUT2D eigenvalue weighted by Gasteiger charge is 2.25. The molecule has 0 radical (unpaired) electrons. The van der Waals surface area contributed by atoms with Crippen molar-refractivity contribution in [3.05, 3.63) is 0 Å². The normalized spacial score (nSPS) is 19.6. The molecular weight excluding hydrogens is 258 g/mol. The van der Waals surface area contributed by atoms with Crippen LogP contribution in [0, 0.1) is 5.92 Å². The van der Waals surface area contributed by atoms with Crippen LogP contribution in [-0.4, -0.2) is 65.5 Å². The van der Waals surface area contributed by atoms with E-state index in [1.807, 2.05) is 23.6 Å². The van der Waals surface area contributed by atoms with Crippen molar-refractivity contribution in [2.45, 2.75) is 39.2 Å². The number of carbonyl (C=O) groups excluding carboxylic acids is 1. The third-order valence-electron chi connectivity index (χ3n) is 3.76. The van der Waals surface area contributed by atoms with Gasteiger partial charge in [-0.15, -0.1) is 0 Å². The first-order valence-electron chi connectivity index (χ1n) is 7.38. The Kier molecular flexibility index (Phi) is 6.95. The lowest BCUT2D eigenvalue weighted by Crippen LogP contribution is -2.51. The topological polar surface area (TPSA) is 86.9 Å². The first-order valence-corrected chi connectivity index (χ1v) is 7.38. The Labute approximate surface area is 120 Å². The van der Waals surface area contributed by atoms with E-state index in [9.17, 15) is 9.59 Å². The highest BCUT2D eigenvalue weighted by Crippen LogP contribution is 2.14. The minimum Gasteiger partial charge on any atom is -0.480 e. The van der Waals surface area contributed by atoms with Gasteiger partial charge in [-0.05, 0) is 19.8 Å². The van der Waals surface area contributed by atoms with Gasteiger partial charge < -0.3 is 15.7 Å². The molecule has 1 aliphatic rings. The minimum absolute atomic E-state index is 0.0276. The van der Waals surface area contributed by atoms with E-state index in [1.165, 1.54) is 0 Å². The average molecular weight is 285 g/mol. The average Bonchev–Trinajstić information content (AvgIpc) is 2.37. The van der Waals surface area contributed by atoms with Crippen molar-refractivity contribution in [1.29, 1.82) is 0 Å². The molecule has 0 aromatic rings. The van der Waals surface area contributed by atoms with Crippen LogP contribution in [0.5, 0.6) is 0 Å². The van der Waals surface area contributed by atoms with Gasteiger partial charge in [0.15, 0.2) is 0 Å². The summed E-state index contributed by atoms with van der Waals surface area (Å²) in [5, 5.41) is 8.74. The third kappa shape index (κ3) is 5.88. The van der Waals surface area contributed by atoms with E-state index >= 15 is 0 Å². The predicted octanol–water partition coefficient (Wildman–Crippen LogP) is 0.369. The number of carboxylic acid groups (broad SMARTS) is 1. The van der Waals surface area contributed by atoms with Crippen molar-refractivity contribution < 1.29 is 14.7 Å². The second-order valence-corrected chi connectivity index (χ2v) is 5.80. The molecule has 0 aromatic carbocycles. The van der Waals surface area contributed by atoms with Crippen LogP contribution < -0.4 is 5.73 Å². The maximum atomic E-state index is 12.3. The summed E-state index contributed by atoms with van der Waals surface area (Å²) in [6.07, 6.45) is 2.79. The molecule has 1 amide bonds. The molecule has 1 fully saturated rings. The van der Waals surface area contributed by atoms with E-state index in [0.717, 1.165) is 19.3 Å². The van der Waals surface area contributed by atoms with Gasteiger partial charge >= 0.3 is 5.97 Å². The lowest BCUT2D eigenvalue weighted by atomic mass is 10.0. The van der Waals surface area contributed by atoms with Gasteiger partial charge in [0.1, 0.15) is 0 Å². The number of nitrogens with zero attached hydrogens (tertiary/aromatic N) is 2. The fourth-order valence-corrected chi connectivity index (χ4v) is 2.50. The Hall–Kier alpha value is -1.14. The second-order valence-electron chi connectivity index (χ2n) is 5.80. The minimum atomic E-state index is -0.811. The highest BCUT2D eigenvalue weighted by molar-refractivity contribution is 5.78. The molecule has 0 aliphatic carbocycles.